The van der Waals surface area contributed by atoms with Crippen LogP contribution in [0.15, 0.2) is 48.5 Å². The Hall–Kier alpha value is -1.96. The van der Waals surface area contributed by atoms with Crippen LogP contribution < -0.4 is 9.64 Å². The highest BCUT2D eigenvalue weighted by molar-refractivity contribution is 5.45. The molecule has 0 spiro atoms. The third kappa shape index (κ3) is 4.52. The van der Waals surface area contributed by atoms with Gasteiger partial charge >= 0.3 is 0 Å². The number of hydrogen-bond acceptors (Lipinski definition) is 2. The van der Waals surface area contributed by atoms with Crippen molar-refractivity contribution in [3.05, 3.63) is 59.7 Å². The van der Waals surface area contributed by atoms with Crippen LogP contribution in [0, 0.1) is 6.92 Å². The zero-order chi connectivity index (χ0) is 15.9. The van der Waals surface area contributed by atoms with Crippen LogP contribution in [0.5, 0.6) is 5.75 Å². The molecule has 0 aliphatic heterocycles. The lowest BCUT2D eigenvalue weighted by Crippen LogP contribution is -2.27. The van der Waals surface area contributed by atoms with Gasteiger partial charge in [0.1, 0.15) is 12.4 Å². The quantitative estimate of drug-likeness (QED) is 0.711. The average molecular weight is 297 g/mol. The molecule has 0 atom stereocenters. The summed E-state index contributed by atoms with van der Waals surface area (Å²) in [5.41, 5.74) is 3.85. The maximum atomic E-state index is 5.99. The number of benzene rings is 2. The van der Waals surface area contributed by atoms with Crippen LogP contribution in [-0.2, 0) is 0 Å². The van der Waals surface area contributed by atoms with E-state index in [1.165, 1.54) is 16.8 Å². The first-order chi connectivity index (χ1) is 10.6. The van der Waals surface area contributed by atoms with Gasteiger partial charge in [-0.3, -0.25) is 0 Å². The first-order valence-electron chi connectivity index (χ1n) is 8.14. The largest absolute Gasteiger partial charge is 0.492 e. The molecule has 0 bridgehead atoms. The zero-order valence-electron chi connectivity index (χ0n) is 14.2. The summed E-state index contributed by atoms with van der Waals surface area (Å²) in [5.74, 6) is 1.51. The highest BCUT2D eigenvalue weighted by atomic mass is 16.5. The van der Waals surface area contributed by atoms with E-state index in [0.717, 1.165) is 18.8 Å². The lowest BCUT2D eigenvalue weighted by atomic mass is 10.0. The number of hydrogen-bond donors (Lipinski definition) is 0. The van der Waals surface area contributed by atoms with E-state index in [1.54, 1.807) is 0 Å². The van der Waals surface area contributed by atoms with Gasteiger partial charge in [0.15, 0.2) is 0 Å². The Morgan fingerprint density at radius 2 is 1.77 bits per heavy atom. The summed E-state index contributed by atoms with van der Waals surface area (Å²) in [6, 6.07) is 17.0. The molecular formula is C20H27NO. The number of ether oxygens (including phenoxy) is 1. The van der Waals surface area contributed by atoms with E-state index in [2.05, 4.69) is 75.1 Å². The minimum atomic E-state index is 0.527. The molecule has 0 aromatic heterocycles. The number of para-hydroxylation sites is 1. The minimum Gasteiger partial charge on any atom is -0.492 e. The van der Waals surface area contributed by atoms with Crippen LogP contribution in [0.4, 0.5) is 5.69 Å². The second-order valence-corrected chi connectivity index (χ2v) is 6.00. The molecule has 0 amide bonds. The molecule has 0 aliphatic rings. The first kappa shape index (κ1) is 16.4. The molecule has 0 saturated heterocycles. The highest BCUT2D eigenvalue weighted by Crippen LogP contribution is 2.23. The van der Waals surface area contributed by atoms with Crippen molar-refractivity contribution in [2.75, 3.05) is 24.6 Å². The summed E-state index contributed by atoms with van der Waals surface area (Å²) < 4.78 is 5.99. The number of likely N-dealkylation sites (N-methyl/N-ethyl adjacent to an activating group) is 1. The fraction of sp³-hybridized carbons (Fsp3) is 0.400. The van der Waals surface area contributed by atoms with E-state index in [0.29, 0.717) is 12.5 Å². The predicted molar refractivity (Wildman–Crippen MR) is 95.1 cm³/mol. The smallest absolute Gasteiger partial charge is 0.119 e. The Labute approximate surface area is 134 Å². The number of rotatable bonds is 7. The van der Waals surface area contributed by atoms with Crippen LogP contribution in [0.2, 0.25) is 0 Å². The van der Waals surface area contributed by atoms with Gasteiger partial charge in [-0.15, -0.1) is 0 Å². The normalized spacial score (nSPS) is 10.8. The van der Waals surface area contributed by atoms with Crippen molar-refractivity contribution < 1.29 is 4.74 Å². The maximum Gasteiger partial charge on any atom is 0.119 e. The molecule has 0 N–H and O–H groups in total. The zero-order valence-corrected chi connectivity index (χ0v) is 14.2. The summed E-state index contributed by atoms with van der Waals surface area (Å²) in [4.78, 5) is 2.33. The molecule has 2 aromatic rings. The fourth-order valence-corrected chi connectivity index (χ4v) is 2.58. The minimum absolute atomic E-state index is 0.527. The second kappa shape index (κ2) is 7.88. The van der Waals surface area contributed by atoms with Crippen molar-refractivity contribution in [2.24, 2.45) is 0 Å². The van der Waals surface area contributed by atoms with Crippen molar-refractivity contribution in [1.29, 1.82) is 0 Å². The molecule has 2 heteroatoms. The van der Waals surface area contributed by atoms with Crippen LogP contribution >= 0.6 is 0 Å². The van der Waals surface area contributed by atoms with Gasteiger partial charge in [0.25, 0.3) is 0 Å². The Morgan fingerprint density at radius 1 is 1.05 bits per heavy atom. The summed E-state index contributed by atoms with van der Waals surface area (Å²) in [5, 5.41) is 0. The summed E-state index contributed by atoms with van der Waals surface area (Å²) >= 11 is 0. The van der Waals surface area contributed by atoms with Gasteiger partial charge in [0.05, 0.1) is 6.54 Å². The van der Waals surface area contributed by atoms with Gasteiger partial charge in [-0.2, -0.15) is 0 Å². The summed E-state index contributed by atoms with van der Waals surface area (Å²) in [6.45, 7) is 11.3. The molecule has 0 fully saturated rings. The van der Waals surface area contributed by atoms with Crippen molar-refractivity contribution in [3.63, 3.8) is 0 Å². The average Bonchev–Trinajstić information content (AvgIpc) is 2.52. The highest BCUT2D eigenvalue weighted by Gasteiger charge is 2.06. The number of aryl methyl sites for hydroxylation is 1. The lowest BCUT2D eigenvalue weighted by molar-refractivity contribution is 0.323. The molecule has 118 valence electrons. The topological polar surface area (TPSA) is 12.5 Å². The number of anilines is 1. The predicted octanol–water partition coefficient (Wildman–Crippen LogP) is 5.02. The van der Waals surface area contributed by atoms with E-state index in [1.807, 2.05) is 6.07 Å². The van der Waals surface area contributed by atoms with Crippen LogP contribution in [-0.4, -0.2) is 19.7 Å². The number of nitrogens with zero attached hydrogens (tertiary/aromatic N) is 1. The molecule has 2 nitrogen and oxygen atoms in total. The summed E-state index contributed by atoms with van der Waals surface area (Å²) in [7, 11) is 0. The van der Waals surface area contributed by atoms with Crippen LogP contribution in [0.25, 0.3) is 0 Å². The van der Waals surface area contributed by atoms with Gasteiger partial charge in [0, 0.05) is 12.2 Å². The molecule has 0 unspecified atom stereocenters. The lowest BCUT2D eigenvalue weighted by Gasteiger charge is -2.23. The molecule has 0 aliphatic carbocycles. The fourth-order valence-electron chi connectivity index (χ4n) is 2.58. The SMILES string of the molecule is CCN(CCOc1cc(C)cc(C(C)C)c1)c1ccccc1. The van der Waals surface area contributed by atoms with Gasteiger partial charge in [-0.25, -0.2) is 0 Å². The summed E-state index contributed by atoms with van der Waals surface area (Å²) in [6.07, 6.45) is 0. The van der Waals surface area contributed by atoms with E-state index >= 15 is 0 Å². The molecular weight excluding hydrogens is 270 g/mol. The van der Waals surface area contributed by atoms with Crippen molar-refractivity contribution >= 4 is 5.69 Å². The molecule has 0 saturated carbocycles. The Kier molecular flexibility index (Phi) is 5.88. The first-order valence-corrected chi connectivity index (χ1v) is 8.14. The second-order valence-electron chi connectivity index (χ2n) is 6.00. The van der Waals surface area contributed by atoms with Gasteiger partial charge < -0.3 is 9.64 Å². The standard InChI is InChI=1S/C20H27NO/c1-5-21(19-9-7-6-8-10-19)11-12-22-20-14-17(4)13-18(15-20)16(2)3/h6-10,13-16H,5,11-12H2,1-4H3. The molecule has 22 heavy (non-hydrogen) atoms. The Morgan fingerprint density at radius 3 is 2.41 bits per heavy atom. The van der Waals surface area contributed by atoms with Crippen LogP contribution in [0.1, 0.15) is 37.8 Å². The van der Waals surface area contributed by atoms with E-state index in [4.69, 9.17) is 4.74 Å². The van der Waals surface area contributed by atoms with Gasteiger partial charge in [-0.05, 0) is 55.2 Å². The Balaban J connectivity index is 1.95. The van der Waals surface area contributed by atoms with Gasteiger partial charge in [-0.1, -0.05) is 38.1 Å². The Bertz CT molecular complexity index is 578. The maximum absolute atomic E-state index is 5.99. The molecule has 2 rings (SSSR count). The van der Waals surface area contributed by atoms with Crippen molar-refractivity contribution in [3.8, 4) is 5.75 Å². The molecule has 0 radical (unpaired) electrons. The van der Waals surface area contributed by atoms with Gasteiger partial charge in [0.2, 0.25) is 0 Å². The van der Waals surface area contributed by atoms with Crippen molar-refractivity contribution in [2.45, 2.75) is 33.6 Å². The van der Waals surface area contributed by atoms with E-state index < -0.39 is 0 Å². The van der Waals surface area contributed by atoms with Crippen molar-refractivity contribution in [1.82, 2.24) is 0 Å². The van der Waals surface area contributed by atoms with Crippen LogP contribution in [0.3, 0.4) is 0 Å². The molecule has 2 aromatic carbocycles. The third-order valence-corrected chi connectivity index (χ3v) is 3.87. The molecule has 0 heterocycles. The van der Waals surface area contributed by atoms with E-state index in [9.17, 15) is 0 Å². The third-order valence-electron chi connectivity index (χ3n) is 3.87. The monoisotopic (exact) mass is 297 g/mol. The van der Waals surface area contributed by atoms with E-state index in [-0.39, 0.29) is 0 Å².